The molecule has 0 unspecified atom stereocenters. The van der Waals surface area contributed by atoms with Gasteiger partial charge in [-0.25, -0.2) is 0 Å². The van der Waals surface area contributed by atoms with E-state index in [0.717, 1.165) is 17.0 Å². The highest BCUT2D eigenvalue weighted by Crippen LogP contribution is 2.31. The molecule has 1 N–H and O–H groups in total. The smallest absolute Gasteiger partial charge is 0.229 e. The summed E-state index contributed by atoms with van der Waals surface area (Å²) in [5, 5.41) is 3.46. The number of hydrogen-bond acceptors (Lipinski definition) is 3. The number of anilines is 2. The lowest BCUT2D eigenvalue weighted by Crippen LogP contribution is -2.28. The van der Waals surface area contributed by atoms with Gasteiger partial charge in [0.05, 0.1) is 13.0 Å². The molecule has 1 aliphatic rings. The van der Waals surface area contributed by atoms with Gasteiger partial charge < -0.3 is 15.0 Å². The van der Waals surface area contributed by atoms with E-state index in [1.165, 1.54) is 0 Å². The fourth-order valence-corrected chi connectivity index (χ4v) is 3.09. The number of benzene rings is 2. The van der Waals surface area contributed by atoms with Gasteiger partial charge in [-0.3, -0.25) is 9.59 Å². The molecule has 0 bridgehead atoms. The number of ether oxygens (including phenoxy) is 1. The number of carbonyl (C=O) groups is 2. The molecule has 2 aromatic rings. The van der Waals surface area contributed by atoms with Crippen molar-refractivity contribution in [3.05, 3.63) is 53.1 Å². The highest BCUT2D eigenvalue weighted by Gasteiger charge is 2.35. The molecule has 1 atom stereocenters. The Morgan fingerprint density at radius 1 is 1.24 bits per heavy atom. The van der Waals surface area contributed by atoms with Crippen LogP contribution in [-0.2, 0) is 9.59 Å². The van der Waals surface area contributed by atoms with Crippen LogP contribution in [0.3, 0.4) is 0 Å². The third-order valence-electron chi connectivity index (χ3n) is 4.38. The molecule has 130 valence electrons. The van der Waals surface area contributed by atoms with Crippen LogP contribution in [0.15, 0.2) is 42.5 Å². The predicted octanol–water partition coefficient (Wildman–Crippen LogP) is 3.65. The van der Waals surface area contributed by atoms with Gasteiger partial charge in [-0.15, -0.1) is 0 Å². The molecule has 0 aromatic heterocycles. The molecule has 1 aliphatic heterocycles. The van der Waals surface area contributed by atoms with Crippen LogP contribution in [0.25, 0.3) is 0 Å². The first-order valence-electron chi connectivity index (χ1n) is 8.00. The van der Waals surface area contributed by atoms with Crippen molar-refractivity contribution in [2.45, 2.75) is 13.3 Å². The molecular weight excluding hydrogens is 340 g/mol. The SMILES string of the molecule is COc1ccc(NC(=O)[C@@H]2CC(=O)N(c3cccc(Cl)c3C)C2)cc1. The molecule has 3 rings (SSSR count). The molecule has 1 heterocycles. The molecule has 2 amide bonds. The van der Waals surface area contributed by atoms with Crippen molar-refractivity contribution in [3.63, 3.8) is 0 Å². The van der Waals surface area contributed by atoms with E-state index in [1.807, 2.05) is 19.1 Å². The maximum Gasteiger partial charge on any atom is 0.229 e. The van der Waals surface area contributed by atoms with Gasteiger partial charge in [-0.05, 0) is 48.9 Å². The molecule has 2 aromatic carbocycles. The van der Waals surface area contributed by atoms with Crippen LogP contribution in [0.4, 0.5) is 11.4 Å². The van der Waals surface area contributed by atoms with Crippen molar-refractivity contribution < 1.29 is 14.3 Å². The second-order valence-electron chi connectivity index (χ2n) is 6.01. The first-order valence-corrected chi connectivity index (χ1v) is 8.38. The average molecular weight is 359 g/mol. The minimum absolute atomic E-state index is 0.0692. The lowest BCUT2D eigenvalue weighted by molar-refractivity contribution is -0.122. The van der Waals surface area contributed by atoms with Crippen LogP contribution < -0.4 is 15.0 Å². The highest BCUT2D eigenvalue weighted by atomic mass is 35.5. The van der Waals surface area contributed by atoms with Crippen molar-refractivity contribution in [1.29, 1.82) is 0 Å². The van der Waals surface area contributed by atoms with Gasteiger partial charge in [0, 0.05) is 29.4 Å². The van der Waals surface area contributed by atoms with Crippen molar-refractivity contribution in [3.8, 4) is 5.75 Å². The Kier molecular flexibility index (Phi) is 4.95. The number of nitrogens with zero attached hydrogens (tertiary/aromatic N) is 1. The van der Waals surface area contributed by atoms with Crippen molar-refractivity contribution >= 4 is 34.8 Å². The van der Waals surface area contributed by atoms with Gasteiger partial charge in [-0.1, -0.05) is 17.7 Å². The van der Waals surface area contributed by atoms with Crippen molar-refractivity contribution in [1.82, 2.24) is 0 Å². The first kappa shape index (κ1) is 17.3. The Morgan fingerprint density at radius 2 is 1.96 bits per heavy atom. The lowest BCUT2D eigenvalue weighted by atomic mass is 10.1. The van der Waals surface area contributed by atoms with E-state index in [0.29, 0.717) is 17.3 Å². The van der Waals surface area contributed by atoms with E-state index in [4.69, 9.17) is 16.3 Å². The number of rotatable bonds is 4. The van der Waals surface area contributed by atoms with E-state index >= 15 is 0 Å². The van der Waals surface area contributed by atoms with Crippen molar-refractivity contribution in [2.24, 2.45) is 5.92 Å². The van der Waals surface area contributed by atoms with E-state index in [1.54, 1.807) is 42.3 Å². The summed E-state index contributed by atoms with van der Waals surface area (Å²) < 4.78 is 5.10. The summed E-state index contributed by atoms with van der Waals surface area (Å²) in [6.45, 7) is 2.22. The summed E-state index contributed by atoms with van der Waals surface area (Å²) >= 11 is 6.14. The van der Waals surface area contributed by atoms with Gasteiger partial charge in [0.1, 0.15) is 5.75 Å². The van der Waals surface area contributed by atoms with Gasteiger partial charge in [0.25, 0.3) is 0 Å². The number of carbonyl (C=O) groups excluding carboxylic acids is 2. The topological polar surface area (TPSA) is 58.6 Å². The Labute approximate surface area is 151 Å². The molecule has 1 saturated heterocycles. The molecular formula is C19H19ClN2O3. The summed E-state index contributed by atoms with van der Waals surface area (Å²) in [6.07, 6.45) is 0.188. The van der Waals surface area contributed by atoms with Crippen LogP contribution in [0, 0.1) is 12.8 Å². The maximum absolute atomic E-state index is 12.5. The number of nitrogens with one attached hydrogen (secondary N) is 1. The van der Waals surface area contributed by atoms with Crippen molar-refractivity contribution in [2.75, 3.05) is 23.9 Å². The molecule has 25 heavy (non-hydrogen) atoms. The summed E-state index contributed by atoms with van der Waals surface area (Å²) in [5.74, 6) is 0.0885. The summed E-state index contributed by atoms with van der Waals surface area (Å²) in [4.78, 5) is 26.5. The first-order chi connectivity index (χ1) is 12.0. The summed E-state index contributed by atoms with van der Waals surface area (Å²) in [7, 11) is 1.59. The van der Waals surface area contributed by atoms with Crippen LogP contribution in [-0.4, -0.2) is 25.5 Å². The molecule has 0 aliphatic carbocycles. The Balaban J connectivity index is 1.71. The zero-order chi connectivity index (χ0) is 18.0. The quantitative estimate of drug-likeness (QED) is 0.907. The largest absolute Gasteiger partial charge is 0.497 e. The molecule has 0 radical (unpaired) electrons. The van der Waals surface area contributed by atoms with Crippen LogP contribution >= 0.6 is 11.6 Å². The monoisotopic (exact) mass is 358 g/mol. The minimum Gasteiger partial charge on any atom is -0.497 e. The zero-order valence-electron chi connectivity index (χ0n) is 14.1. The third-order valence-corrected chi connectivity index (χ3v) is 4.79. The van der Waals surface area contributed by atoms with Crippen LogP contribution in [0.2, 0.25) is 5.02 Å². The Bertz CT molecular complexity index is 805. The zero-order valence-corrected chi connectivity index (χ0v) is 14.8. The molecule has 6 heteroatoms. The number of amides is 2. The Hall–Kier alpha value is -2.53. The van der Waals surface area contributed by atoms with Crippen LogP contribution in [0.1, 0.15) is 12.0 Å². The van der Waals surface area contributed by atoms with E-state index in [9.17, 15) is 9.59 Å². The lowest BCUT2D eigenvalue weighted by Gasteiger charge is -2.19. The standard InChI is InChI=1S/C19H19ClN2O3/c1-12-16(20)4-3-5-17(12)22-11-13(10-18(22)23)19(24)21-14-6-8-15(25-2)9-7-14/h3-9,13H,10-11H2,1-2H3,(H,21,24)/t13-/m1/s1. The second kappa shape index (κ2) is 7.15. The average Bonchev–Trinajstić information content (AvgIpc) is 3.00. The summed E-state index contributed by atoms with van der Waals surface area (Å²) in [5.41, 5.74) is 2.28. The Morgan fingerprint density at radius 3 is 2.64 bits per heavy atom. The van der Waals surface area contributed by atoms with E-state index in [-0.39, 0.29) is 18.2 Å². The van der Waals surface area contributed by atoms with E-state index < -0.39 is 5.92 Å². The van der Waals surface area contributed by atoms with Crippen LogP contribution in [0.5, 0.6) is 5.75 Å². The van der Waals surface area contributed by atoms with E-state index in [2.05, 4.69) is 5.32 Å². The predicted molar refractivity (Wildman–Crippen MR) is 98.3 cm³/mol. The second-order valence-corrected chi connectivity index (χ2v) is 6.41. The normalized spacial score (nSPS) is 16.8. The summed E-state index contributed by atoms with van der Waals surface area (Å²) in [6, 6.07) is 12.5. The van der Waals surface area contributed by atoms with Gasteiger partial charge >= 0.3 is 0 Å². The van der Waals surface area contributed by atoms with Gasteiger partial charge in [0.15, 0.2) is 0 Å². The number of methoxy groups -OCH3 is 1. The third kappa shape index (κ3) is 3.61. The molecule has 0 saturated carbocycles. The maximum atomic E-state index is 12.5. The molecule has 1 fully saturated rings. The molecule has 0 spiro atoms. The number of halogens is 1. The van der Waals surface area contributed by atoms with Gasteiger partial charge in [-0.2, -0.15) is 0 Å². The fraction of sp³-hybridized carbons (Fsp3) is 0.263. The molecule has 5 nitrogen and oxygen atoms in total. The van der Waals surface area contributed by atoms with Gasteiger partial charge in [0.2, 0.25) is 11.8 Å². The minimum atomic E-state index is -0.395. The number of hydrogen-bond donors (Lipinski definition) is 1. The highest BCUT2D eigenvalue weighted by molar-refractivity contribution is 6.31. The fourth-order valence-electron chi connectivity index (χ4n) is 2.92.